The van der Waals surface area contributed by atoms with Crippen molar-refractivity contribution in [3.63, 3.8) is 0 Å². The summed E-state index contributed by atoms with van der Waals surface area (Å²) in [6, 6.07) is 11.4. The number of nitrogens with zero attached hydrogens (tertiary/aromatic N) is 1. The maximum Gasteiger partial charge on any atom is 0.416 e. The van der Waals surface area contributed by atoms with Gasteiger partial charge >= 0.3 is 6.18 Å². The van der Waals surface area contributed by atoms with E-state index in [2.05, 4.69) is 5.32 Å². The highest BCUT2D eigenvalue weighted by Gasteiger charge is 2.31. The number of hydrogen-bond acceptors (Lipinski definition) is 4. The summed E-state index contributed by atoms with van der Waals surface area (Å²) in [7, 11) is -3.96. The molecule has 0 spiro atoms. The van der Waals surface area contributed by atoms with E-state index in [4.69, 9.17) is 11.6 Å². The summed E-state index contributed by atoms with van der Waals surface area (Å²) < 4.78 is 63.6. The van der Waals surface area contributed by atoms with Crippen LogP contribution in [0.5, 0.6) is 0 Å². The highest BCUT2D eigenvalue weighted by atomic mass is 35.5. The number of halogens is 4. The van der Waals surface area contributed by atoms with Crippen molar-refractivity contribution in [2.45, 2.75) is 18.3 Å². The maximum absolute atomic E-state index is 12.9. The summed E-state index contributed by atoms with van der Waals surface area (Å²) >= 11 is 7.51. The number of carbonyl (C=O) groups excluding carboxylic acids is 1. The van der Waals surface area contributed by atoms with Crippen LogP contribution in [0.1, 0.15) is 17.5 Å². The second-order valence-electron chi connectivity index (χ2n) is 6.70. The van der Waals surface area contributed by atoms with Crippen molar-refractivity contribution in [2.24, 2.45) is 0 Å². The normalized spacial score (nSPS) is 11.9. The van der Waals surface area contributed by atoms with Crippen LogP contribution in [-0.2, 0) is 26.7 Å². The lowest BCUT2D eigenvalue weighted by atomic mass is 10.2. The molecule has 1 amide bonds. The molecular formula is C20H22ClF3N2O3S2. The standard InChI is InChI=1S/C20H22ClF3N2O3S2/c1-31(28,29)26(18-5-2-4-16(12-18)20(22,23)24)13-19(27)25-10-3-11-30-14-15-6-8-17(21)9-7-15/h2,4-9,12H,3,10-11,13-14H2,1H3,(H,25,27). The zero-order chi connectivity index (χ0) is 23.1. The van der Waals surface area contributed by atoms with Gasteiger partial charge in [-0.05, 0) is 48.1 Å². The molecule has 2 aromatic carbocycles. The van der Waals surface area contributed by atoms with Crippen LogP contribution in [0.3, 0.4) is 0 Å². The number of hydrogen-bond donors (Lipinski definition) is 1. The lowest BCUT2D eigenvalue weighted by molar-refractivity contribution is -0.137. The fourth-order valence-electron chi connectivity index (χ4n) is 2.60. The summed E-state index contributed by atoms with van der Waals surface area (Å²) in [5.74, 6) is 0.972. The Morgan fingerprint density at radius 3 is 2.45 bits per heavy atom. The molecule has 1 N–H and O–H groups in total. The van der Waals surface area contributed by atoms with Gasteiger partial charge in [0.1, 0.15) is 6.54 Å². The predicted octanol–water partition coefficient (Wildman–Crippen LogP) is 4.56. The van der Waals surface area contributed by atoms with Crippen LogP contribution in [0.25, 0.3) is 0 Å². The van der Waals surface area contributed by atoms with Crippen molar-refractivity contribution >= 4 is 45.0 Å². The monoisotopic (exact) mass is 494 g/mol. The molecule has 0 saturated heterocycles. The number of sulfonamides is 1. The van der Waals surface area contributed by atoms with Crippen LogP contribution >= 0.6 is 23.4 Å². The van der Waals surface area contributed by atoms with E-state index in [1.807, 2.05) is 24.3 Å². The first kappa shape index (κ1) is 25.4. The van der Waals surface area contributed by atoms with E-state index in [1.54, 1.807) is 11.8 Å². The fourth-order valence-corrected chi connectivity index (χ4v) is 4.49. The van der Waals surface area contributed by atoms with Gasteiger partial charge in [-0.1, -0.05) is 29.8 Å². The molecule has 0 aliphatic heterocycles. The third kappa shape index (κ3) is 8.62. The number of benzene rings is 2. The highest BCUT2D eigenvalue weighted by molar-refractivity contribution is 7.98. The van der Waals surface area contributed by atoms with Crippen LogP contribution in [0.2, 0.25) is 5.02 Å². The van der Waals surface area contributed by atoms with Gasteiger partial charge in [-0.2, -0.15) is 24.9 Å². The van der Waals surface area contributed by atoms with Gasteiger partial charge in [-0.15, -0.1) is 0 Å². The van der Waals surface area contributed by atoms with Gasteiger partial charge in [0.05, 0.1) is 17.5 Å². The Morgan fingerprint density at radius 1 is 1.16 bits per heavy atom. The molecule has 0 unspecified atom stereocenters. The van der Waals surface area contributed by atoms with Crippen molar-refractivity contribution in [1.29, 1.82) is 0 Å². The van der Waals surface area contributed by atoms with E-state index >= 15 is 0 Å². The zero-order valence-corrected chi connectivity index (χ0v) is 19.0. The fraction of sp³-hybridized carbons (Fsp3) is 0.350. The van der Waals surface area contributed by atoms with E-state index in [9.17, 15) is 26.4 Å². The first-order chi connectivity index (χ1) is 14.5. The number of rotatable bonds is 10. The van der Waals surface area contributed by atoms with Crippen molar-refractivity contribution in [3.05, 3.63) is 64.7 Å². The van der Waals surface area contributed by atoms with Gasteiger partial charge in [0.25, 0.3) is 0 Å². The molecule has 170 valence electrons. The van der Waals surface area contributed by atoms with E-state index in [0.29, 0.717) is 28.4 Å². The van der Waals surface area contributed by atoms with E-state index < -0.39 is 34.2 Å². The minimum atomic E-state index is -4.62. The van der Waals surface area contributed by atoms with Gasteiger partial charge in [-0.25, -0.2) is 8.42 Å². The Labute approximate surface area is 189 Å². The van der Waals surface area contributed by atoms with Gasteiger partial charge in [0.2, 0.25) is 15.9 Å². The van der Waals surface area contributed by atoms with E-state index in [0.717, 1.165) is 35.5 Å². The summed E-state index contributed by atoms with van der Waals surface area (Å²) in [4.78, 5) is 12.2. The van der Waals surface area contributed by atoms with Crippen molar-refractivity contribution in [3.8, 4) is 0 Å². The molecule has 2 aromatic rings. The lowest BCUT2D eigenvalue weighted by Crippen LogP contribution is -2.40. The van der Waals surface area contributed by atoms with Gasteiger partial charge in [0.15, 0.2) is 0 Å². The number of nitrogens with one attached hydrogen (secondary N) is 1. The average Bonchev–Trinajstić information content (AvgIpc) is 2.68. The number of anilines is 1. The molecule has 0 heterocycles. The van der Waals surface area contributed by atoms with E-state index in [1.165, 1.54) is 6.07 Å². The van der Waals surface area contributed by atoms with Gasteiger partial charge in [0, 0.05) is 17.3 Å². The summed E-state index contributed by atoms with van der Waals surface area (Å²) in [5.41, 5.74) is -0.0777. The van der Waals surface area contributed by atoms with Crippen molar-refractivity contribution in [2.75, 3.05) is 29.4 Å². The smallest absolute Gasteiger partial charge is 0.354 e. The Balaban J connectivity index is 1.84. The first-order valence-electron chi connectivity index (χ1n) is 9.20. The lowest BCUT2D eigenvalue weighted by Gasteiger charge is -2.22. The number of carbonyl (C=O) groups is 1. The van der Waals surface area contributed by atoms with Gasteiger partial charge in [-0.3, -0.25) is 9.10 Å². The van der Waals surface area contributed by atoms with Crippen LogP contribution in [0, 0.1) is 0 Å². The van der Waals surface area contributed by atoms with Crippen molar-refractivity contribution in [1.82, 2.24) is 5.32 Å². The van der Waals surface area contributed by atoms with Crippen LogP contribution in [-0.4, -0.2) is 39.4 Å². The largest absolute Gasteiger partial charge is 0.416 e. The van der Waals surface area contributed by atoms with Crippen LogP contribution in [0.15, 0.2) is 48.5 Å². The minimum Gasteiger partial charge on any atom is -0.354 e. The molecule has 0 aromatic heterocycles. The predicted molar refractivity (Wildman–Crippen MR) is 119 cm³/mol. The van der Waals surface area contributed by atoms with E-state index in [-0.39, 0.29) is 5.69 Å². The molecule has 0 bridgehead atoms. The second-order valence-corrected chi connectivity index (χ2v) is 10.1. The third-order valence-electron chi connectivity index (χ3n) is 4.12. The molecule has 11 heteroatoms. The maximum atomic E-state index is 12.9. The number of thioether (sulfide) groups is 1. The molecular weight excluding hydrogens is 473 g/mol. The SMILES string of the molecule is CS(=O)(=O)N(CC(=O)NCCCSCc1ccc(Cl)cc1)c1cccc(C(F)(F)F)c1. The van der Waals surface area contributed by atoms with Crippen LogP contribution < -0.4 is 9.62 Å². The first-order valence-corrected chi connectivity index (χ1v) is 12.6. The number of amides is 1. The number of alkyl halides is 3. The molecule has 0 atom stereocenters. The Morgan fingerprint density at radius 2 is 1.84 bits per heavy atom. The summed E-state index contributed by atoms with van der Waals surface area (Å²) in [5, 5.41) is 3.28. The molecule has 5 nitrogen and oxygen atoms in total. The third-order valence-corrected chi connectivity index (χ3v) is 6.63. The molecule has 0 aliphatic rings. The second kappa shape index (κ2) is 11.1. The molecule has 0 aliphatic carbocycles. The minimum absolute atomic E-state index is 0.217. The summed E-state index contributed by atoms with van der Waals surface area (Å²) in [6.07, 6.45) is -3.12. The molecule has 31 heavy (non-hydrogen) atoms. The zero-order valence-electron chi connectivity index (χ0n) is 16.7. The molecule has 0 radical (unpaired) electrons. The summed E-state index contributed by atoms with van der Waals surface area (Å²) in [6.45, 7) is -0.273. The molecule has 2 rings (SSSR count). The quantitative estimate of drug-likeness (QED) is 0.491. The molecule has 0 fully saturated rings. The molecule has 0 saturated carbocycles. The van der Waals surface area contributed by atoms with Gasteiger partial charge < -0.3 is 5.32 Å². The van der Waals surface area contributed by atoms with Crippen LogP contribution in [0.4, 0.5) is 18.9 Å². The Bertz CT molecular complexity index is 984. The van der Waals surface area contributed by atoms with Crippen molar-refractivity contribution < 1.29 is 26.4 Å². The Kier molecular flexibility index (Phi) is 9.08. The topological polar surface area (TPSA) is 66.5 Å². The highest BCUT2D eigenvalue weighted by Crippen LogP contribution is 2.32. The Hall–Kier alpha value is -1.91. The average molecular weight is 495 g/mol.